The molecule has 0 spiro atoms. The second-order valence-electron chi connectivity index (χ2n) is 2.38. The third kappa shape index (κ3) is 4.60. The third-order valence-corrected chi connectivity index (χ3v) is 1.82. The van der Waals surface area contributed by atoms with Crippen molar-refractivity contribution in [1.82, 2.24) is 5.32 Å². The Morgan fingerprint density at radius 1 is 1.38 bits per heavy atom. The van der Waals surface area contributed by atoms with Crippen LogP contribution in [-0.2, 0) is 0 Å². The fourth-order valence-corrected chi connectivity index (χ4v) is 0.800. The Labute approximate surface area is 60.0 Å². The largest absolute Gasteiger partial charge is 0.311 e. The molecule has 0 saturated carbocycles. The van der Waals surface area contributed by atoms with Gasteiger partial charge in [0.25, 0.3) is 0 Å². The molecule has 0 aliphatic carbocycles. The molecule has 0 aromatic rings. The van der Waals surface area contributed by atoms with Gasteiger partial charge >= 0.3 is 0 Å². The van der Waals surface area contributed by atoms with Gasteiger partial charge in [-0.25, -0.2) is 0 Å². The average Bonchev–Trinajstić information content (AvgIpc) is 1.65. The highest BCUT2D eigenvalue weighted by Crippen LogP contribution is 1.90. The van der Waals surface area contributed by atoms with Gasteiger partial charge < -0.3 is 5.32 Å². The van der Waals surface area contributed by atoms with Crippen LogP contribution in [0.15, 0.2) is 0 Å². The normalized spacial score (nSPS) is 14.6. The Morgan fingerprint density at radius 3 is 2.00 bits per heavy atom. The lowest BCUT2D eigenvalue weighted by atomic mass is 10.3. The van der Waals surface area contributed by atoms with Crippen LogP contribution < -0.4 is 5.32 Å². The van der Waals surface area contributed by atoms with E-state index in [1.807, 2.05) is 0 Å². The van der Waals surface area contributed by atoms with Crippen molar-refractivity contribution < 1.29 is 0 Å². The number of nitrogens with one attached hydrogen (secondary N) is 1. The molecule has 1 atom stereocenters. The van der Waals surface area contributed by atoms with Crippen LogP contribution in [0.4, 0.5) is 0 Å². The molecule has 8 heavy (non-hydrogen) atoms. The molecule has 0 aliphatic rings. The van der Waals surface area contributed by atoms with Crippen LogP contribution in [0.3, 0.4) is 0 Å². The molecule has 0 fully saturated rings. The van der Waals surface area contributed by atoms with E-state index in [-0.39, 0.29) is 0 Å². The van der Waals surface area contributed by atoms with Gasteiger partial charge in [0.15, 0.2) is 0 Å². The Hall–Kier alpha value is 0.440. The second kappa shape index (κ2) is 4.33. The quantitative estimate of drug-likeness (QED) is 0.652. The maximum absolute atomic E-state index is 3.38. The van der Waals surface area contributed by atoms with E-state index in [4.69, 9.17) is 0 Å². The van der Waals surface area contributed by atoms with Crippen LogP contribution in [0.2, 0.25) is 0 Å². The monoisotopic (exact) mass is 179 g/mol. The first kappa shape index (κ1) is 8.44. The highest BCUT2D eigenvalue weighted by Gasteiger charge is 1.98. The summed E-state index contributed by atoms with van der Waals surface area (Å²) >= 11 is 3.38. The van der Waals surface area contributed by atoms with E-state index in [2.05, 4.69) is 42.0 Å². The minimum Gasteiger partial charge on any atom is -0.311 e. The van der Waals surface area contributed by atoms with Gasteiger partial charge in [-0.15, -0.1) is 0 Å². The third-order valence-electron chi connectivity index (χ3n) is 0.849. The van der Waals surface area contributed by atoms with Crippen molar-refractivity contribution in [2.45, 2.75) is 32.9 Å². The summed E-state index contributed by atoms with van der Waals surface area (Å²) < 4.78 is 0. The molecule has 1 unspecified atom stereocenters. The molecule has 0 saturated heterocycles. The van der Waals surface area contributed by atoms with Gasteiger partial charge in [0.1, 0.15) is 0 Å². The Bertz CT molecular complexity index is 54.5. The van der Waals surface area contributed by atoms with Gasteiger partial charge in [0, 0.05) is 17.4 Å². The molecule has 2 heteroatoms. The summed E-state index contributed by atoms with van der Waals surface area (Å²) in [7, 11) is 0. The number of halogens is 1. The van der Waals surface area contributed by atoms with Crippen molar-refractivity contribution in [3.05, 3.63) is 0 Å². The molecule has 0 radical (unpaired) electrons. The molecule has 0 bridgehead atoms. The number of alkyl halides is 1. The topological polar surface area (TPSA) is 12.0 Å². The highest BCUT2D eigenvalue weighted by atomic mass is 79.9. The smallest absolute Gasteiger partial charge is 0.0183 e. The molecule has 1 N–H and O–H groups in total. The van der Waals surface area contributed by atoms with Crippen LogP contribution in [0.1, 0.15) is 20.8 Å². The highest BCUT2D eigenvalue weighted by molar-refractivity contribution is 9.09. The SMILES string of the molecule is CC(C)NC(C)CBr. The number of hydrogen-bond acceptors (Lipinski definition) is 1. The molecule has 50 valence electrons. The summed E-state index contributed by atoms with van der Waals surface area (Å²) in [6, 6.07) is 1.19. The summed E-state index contributed by atoms with van der Waals surface area (Å²) in [4.78, 5) is 0. The zero-order chi connectivity index (χ0) is 6.57. The first-order chi connectivity index (χ1) is 3.66. The van der Waals surface area contributed by atoms with E-state index in [1.54, 1.807) is 0 Å². The summed E-state index contributed by atoms with van der Waals surface area (Å²) in [5.74, 6) is 0. The van der Waals surface area contributed by atoms with Crippen molar-refractivity contribution >= 4 is 15.9 Å². The molecule has 0 heterocycles. The van der Waals surface area contributed by atoms with Crippen LogP contribution >= 0.6 is 15.9 Å². The van der Waals surface area contributed by atoms with E-state index in [9.17, 15) is 0 Å². The summed E-state index contributed by atoms with van der Waals surface area (Å²) in [6.07, 6.45) is 0. The molecular weight excluding hydrogens is 166 g/mol. The van der Waals surface area contributed by atoms with Crippen molar-refractivity contribution in [3.8, 4) is 0 Å². The lowest BCUT2D eigenvalue weighted by Crippen LogP contribution is -2.33. The fraction of sp³-hybridized carbons (Fsp3) is 1.00. The van der Waals surface area contributed by atoms with Crippen molar-refractivity contribution in [2.24, 2.45) is 0 Å². The van der Waals surface area contributed by atoms with Crippen LogP contribution in [0.25, 0.3) is 0 Å². The van der Waals surface area contributed by atoms with Crippen molar-refractivity contribution in [1.29, 1.82) is 0 Å². The van der Waals surface area contributed by atoms with Gasteiger partial charge in [-0.1, -0.05) is 29.8 Å². The summed E-state index contributed by atoms with van der Waals surface area (Å²) in [5, 5.41) is 4.38. The molecule has 0 aromatic heterocycles. The molecule has 1 nitrogen and oxygen atoms in total. The Kier molecular flexibility index (Phi) is 4.57. The number of hydrogen-bond donors (Lipinski definition) is 1. The standard InChI is InChI=1S/C6H14BrN/c1-5(2)8-6(3)4-7/h5-6,8H,4H2,1-3H3. The van der Waals surface area contributed by atoms with Gasteiger partial charge in [0.2, 0.25) is 0 Å². The van der Waals surface area contributed by atoms with E-state index in [0.29, 0.717) is 12.1 Å². The predicted octanol–water partition coefficient (Wildman–Crippen LogP) is 1.77. The molecule has 0 rings (SSSR count). The fourth-order valence-electron chi connectivity index (χ4n) is 0.614. The maximum Gasteiger partial charge on any atom is 0.0183 e. The van der Waals surface area contributed by atoms with Crippen molar-refractivity contribution in [3.63, 3.8) is 0 Å². The van der Waals surface area contributed by atoms with E-state index >= 15 is 0 Å². The molecular formula is C6H14BrN. The number of rotatable bonds is 3. The minimum atomic E-state index is 0.593. The minimum absolute atomic E-state index is 0.593. The molecule has 0 aliphatic heterocycles. The van der Waals surface area contributed by atoms with Gasteiger partial charge in [-0.3, -0.25) is 0 Å². The van der Waals surface area contributed by atoms with Gasteiger partial charge in [-0.05, 0) is 6.92 Å². The predicted molar refractivity (Wildman–Crippen MR) is 41.5 cm³/mol. The Morgan fingerprint density at radius 2 is 1.88 bits per heavy atom. The first-order valence-corrected chi connectivity index (χ1v) is 4.11. The van der Waals surface area contributed by atoms with Crippen LogP contribution in [0, 0.1) is 0 Å². The van der Waals surface area contributed by atoms with E-state index in [0.717, 1.165) is 5.33 Å². The van der Waals surface area contributed by atoms with E-state index in [1.165, 1.54) is 0 Å². The maximum atomic E-state index is 3.38. The van der Waals surface area contributed by atoms with Crippen molar-refractivity contribution in [2.75, 3.05) is 5.33 Å². The average molecular weight is 180 g/mol. The summed E-state index contributed by atoms with van der Waals surface area (Å²) in [5.41, 5.74) is 0. The molecule has 0 amide bonds. The van der Waals surface area contributed by atoms with Crippen LogP contribution in [0.5, 0.6) is 0 Å². The molecule has 0 aromatic carbocycles. The zero-order valence-electron chi connectivity index (χ0n) is 5.74. The first-order valence-electron chi connectivity index (χ1n) is 2.98. The van der Waals surface area contributed by atoms with Gasteiger partial charge in [0.05, 0.1) is 0 Å². The summed E-state index contributed by atoms with van der Waals surface area (Å²) in [6.45, 7) is 6.47. The second-order valence-corrected chi connectivity index (χ2v) is 3.02. The lowest BCUT2D eigenvalue weighted by Gasteiger charge is -2.12. The van der Waals surface area contributed by atoms with Gasteiger partial charge in [-0.2, -0.15) is 0 Å². The lowest BCUT2D eigenvalue weighted by molar-refractivity contribution is 0.525. The Balaban J connectivity index is 3.10. The zero-order valence-corrected chi connectivity index (χ0v) is 7.33. The van der Waals surface area contributed by atoms with Crippen LogP contribution in [-0.4, -0.2) is 17.4 Å². The van der Waals surface area contributed by atoms with E-state index < -0.39 is 0 Å².